The van der Waals surface area contributed by atoms with Gasteiger partial charge < -0.3 is 5.32 Å². The van der Waals surface area contributed by atoms with Gasteiger partial charge in [0.25, 0.3) is 0 Å². The van der Waals surface area contributed by atoms with Gasteiger partial charge in [0.2, 0.25) is 0 Å². The second kappa shape index (κ2) is 4.33. The molecule has 1 N–H and O–H groups in total. The molecule has 0 aromatic carbocycles. The van der Waals surface area contributed by atoms with Crippen molar-refractivity contribution in [3.05, 3.63) is 36.4 Å². The maximum atomic E-state index is 4.28. The Labute approximate surface area is 84.3 Å². The van der Waals surface area contributed by atoms with Crippen LogP contribution in [-0.2, 0) is 0 Å². The summed E-state index contributed by atoms with van der Waals surface area (Å²) in [4.78, 5) is 8.34. The van der Waals surface area contributed by atoms with Crippen LogP contribution in [0.25, 0.3) is 0 Å². The molecule has 3 nitrogen and oxygen atoms in total. The van der Waals surface area contributed by atoms with Crippen molar-refractivity contribution in [3.8, 4) is 0 Å². The zero-order valence-electron chi connectivity index (χ0n) is 8.35. The van der Waals surface area contributed by atoms with E-state index in [-0.39, 0.29) is 6.04 Å². The van der Waals surface area contributed by atoms with Gasteiger partial charge in [-0.15, -0.1) is 0 Å². The first-order valence-electron chi connectivity index (χ1n) is 5.03. The first-order valence-corrected chi connectivity index (χ1v) is 5.03. The molecule has 1 aliphatic carbocycles. The summed E-state index contributed by atoms with van der Waals surface area (Å²) < 4.78 is 0. The second-order valence-corrected chi connectivity index (χ2v) is 3.66. The fourth-order valence-electron chi connectivity index (χ4n) is 1.73. The summed E-state index contributed by atoms with van der Waals surface area (Å²) in [5, 5.41) is 3.53. The maximum Gasteiger partial charge on any atom is 0.0753 e. The van der Waals surface area contributed by atoms with Gasteiger partial charge in [0.15, 0.2) is 0 Å². The van der Waals surface area contributed by atoms with Crippen LogP contribution in [0, 0.1) is 0 Å². The van der Waals surface area contributed by atoms with Crippen molar-refractivity contribution in [2.45, 2.75) is 31.8 Å². The fraction of sp³-hybridized carbons (Fsp3) is 0.455. The van der Waals surface area contributed by atoms with Gasteiger partial charge in [-0.1, -0.05) is 12.2 Å². The molecule has 14 heavy (non-hydrogen) atoms. The summed E-state index contributed by atoms with van der Waals surface area (Å²) in [5.74, 6) is 0. The minimum Gasteiger partial charge on any atom is -0.305 e. The molecule has 1 unspecified atom stereocenters. The predicted octanol–water partition coefficient (Wildman–Crippen LogP) is 1.85. The quantitative estimate of drug-likeness (QED) is 0.737. The van der Waals surface area contributed by atoms with Gasteiger partial charge in [-0.2, -0.15) is 0 Å². The Kier molecular flexibility index (Phi) is 2.89. The molecule has 0 saturated heterocycles. The lowest BCUT2D eigenvalue weighted by atomic mass is 10.1. The van der Waals surface area contributed by atoms with Crippen LogP contribution in [0.4, 0.5) is 0 Å². The molecule has 74 valence electrons. The van der Waals surface area contributed by atoms with Gasteiger partial charge >= 0.3 is 0 Å². The maximum absolute atomic E-state index is 4.28. The van der Waals surface area contributed by atoms with Gasteiger partial charge in [0.1, 0.15) is 0 Å². The molecule has 1 aromatic rings. The van der Waals surface area contributed by atoms with E-state index in [2.05, 4.69) is 34.4 Å². The highest BCUT2D eigenvalue weighted by atomic mass is 15.0. The van der Waals surface area contributed by atoms with Crippen LogP contribution in [0.3, 0.4) is 0 Å². The van der Waals surface area contributed by atoms with Crippen molar-refractivity contribution in [3.63, 3.8) is 0 Å². The molecule has 0 spiro atoms. The summed E-state index contributed by atoms with van der Waals surface area (Å²) in [5.41, 5.74) is 1.01. The Morgan fingerprint density at radius 2 is 2.14 bits per heavy atom. The smallest absolute Gasteiger partial charge is 0.0753 e. The van der Waals surface area contributed by atoms with E-state index in [0.29, 0.717) is 6.04 Å². The molecule has 1 aliphatic rings. The number of hydrogen-bond acceptors (Lipinski definition) is 3. The zero-order valence-corrected chi connectivity index (χ0v) is 8.35. The number of hydrogen-bond donors (Lipinski definition) is 1. The van der Waals surface area contributed by atoms with Crippen LogP contribution in [0.1, 0.15) is 31.5 Å². The molecular weight excluding hydrogens is 174 g/mol. The van der Waals surface area contributed by atoms with Crippen LogP contribution in [0.15, 0.2) is 30.7 Å². The first-order chi connectivity index (χ1) is 6.86. The van der Waals surface area contributed by atoms with E-state index >= 15 is 0 Å². The SMILES string of the molecule is CC(NC1CC=CC1)c1cnccn1. The van der Waals surface area contributed by atoms with Crippen LogP contribution >= 0.6 is 0 Å². The summed E-state index contributed by atoms with van der Waals surface area (Å²) in [7, 11) is 0. The van der Waals surface area contributed by atoms with Gasteiger partial charge in [-0.05, 0) is 19.8 Å². The topological polar surface area (TPSA) is 37.8 Å². The van der Waals surface area contributed by atoms with E-state index in [0.717, 1.165) is 18.5 Å². The molecule has 0 bridgehead atoms. The molecule has 0 radical (unpaired) electrons. The molecule has 0 saturated carbocycles. The monoisotopic (exact) mass is 189 g/mol. The Morgan fingerprint density at radius 3 is 2.79 bits per heavy atom. The standard InChI is InChI=1S/C11H15N3/c1-9(11-8-12-6-7-13-11)14-10-4-2-3-5-10/h2-3,6-10,14H,4-5H2,1H3. The van der Waals surface area contributed by atoms with E-state index in [1.165, 1.54) is 0 Å². The normalized spacial score (nSPS) is 18.6. The molecule has 0 fully saturated rings. The fourth-order valence-corrected chi connectivity index (χ4v) is 1.73. The Morgan fingerprint density at radius 1 is 1.36 bits per heavy atom. The lowest BCUT2D eigenvalue weighted by molar-refractivity contribution is 0.463. The molecule has 2 rings (SSSR count). The number of nitrogens with one attached hydrogen (secondary N) is 1. The van der Waals surface area contributed by atoms with Crippen molar-refractivity contribution in [1.82, 2.24) is 15.3 Å². The van der Waals surface area contributed by atoms with Crippen LogP contribution in [0.2, 0.25) is 0 Å². The number of aromatic nitrogens is 2. The van der Waals surface area contributed by atoms with Crippen molar-refractivity contribution in [2.75, 3.05) is 0 Å². The van der Waals surface area contributed by atoms with Crippen molar-refractivity contribution in [2.24, 2.45) is 0 Å². The van der Waals surface area contributed by atoms with Crippen molar-refractivity contribution >= 4 is 0 Å². The number of nitrogens with zero attached hydrogens (tertiary/aromatic N) is 2. The highest BCUT2D eigenvalue weighted by Crippen LogP contribution is 2.15. The lowest BCUT2D eigenvalue weighted by Gasteiger charge is -2.18. The summed E-state index contributed by atoms with van der Waals surface area (Å²) in [6, 6.07) is 0.862. The highest BCUT2D eigenvalue weighted by molar-refractivity contribution is 5.04. The van der Waals surface area contributed by atoms with Gasteiger partial charge in [0, 0.05) is 30.7 Å². The van der Waals surface area contributed by atoms with Crippen LogP contribution < -0.4 is 5.32 Å². The molecule has 1 heterocycles. The van der Waals surface area contributed by atoms with Crippen molar-refractivity contribution in [1.29, 1.82) is 0 Å². The summed E-state index contributed by atoms with van der Waals surface area (Å²) in [6.07, 6.45) is 12.0. The molecular formula is C11H15N3. The van der Waals surface area contributed by atoms with E-state index in [1.54, 1.807) is 12.4 Å². The van der Waals surface area contributed by atoms with Gasteiger partial charge in [-0.25, -0.2) is 0 Å². The van der Waals surface area contributed by atoms with E-state index in [9.17, 15) is 0 Å². The highest BCUT2D eigenvalue weighted by Gasteiger charge is 2.14. The predicted molar refractivity (Wildman–Crippen MR) is 55.7 cm³/mol. The first kappa shape index (κ1) is 9.34. The zero-order chi connectivity index (χ0) is 9.80. The summed E-state index contributed by atoms with van der Waals surface area (Å²) >= 11 is 0. The van der Waals surface area contributed by atoms with Gasteiger partial charge in [-0.3, -0.25) is 9.97 Å². The van der Waals surface area contributed by atoms with Gasteiger partial charge in [0.05, 0.1) is 5.69 Å². The second-order valence-electron chi connectivity index (χ2n) is 3.66. The molecule has 3 heteroatoms. The largest absolute Gasteiger partial charge is 0.305 e. The summed E-state index contributed by atoms with van der Waals surface area (Å²) in [6.45, 7) is 2.13. The molecule has 0 aliphatic heterocycles. The van der Waals surface area contributed by atoms with E-state index in [1.807, 2.05) is 6.20 Å². The van der Waals surface area contributed by atoms with E-state index in [4.69, 9.17) is 0 Å². The third kappa shape index (κ3) is 2.17. The van der Waals surface area contributed by atoms with E-state index < -0.39 is 0 Å². The average molecular weight is 189 g/mol. The third-order valence-electron chi connectivity index (χ3n) is 2.52. The van der Waals surface area contributed by atoms with Crippen molar-refractivity contribution < 1.29 is 0 Å². The minimum absolute atomic E-state index is 0.286. The van der Waals surface area contributed by atoms with Crippen LogP contribution in [0.5, 0.6) is 0 Å². The average Bonchev–Trinajstić information content (AvgIpc) is 2.72. The molecule has 0 amide bonds. The Balaban J connectivity index is 1.92. The van der Waals surface area contributed by atoms with Crippen LogP contribution in [-0.4, -0.2) is 16.0 Å². The number of rotatable bonds is 3. The minimum atomic E-state index is 0.286. The molecule has 1 atom stereocenters. The lowest BCUT2D eigenvalue weighted by Crippen LogP contribution is -2.29. The molecule has 1 aromatic heterocycles. The third-order valence-corrected chi connectivity index (χ3v) is 2.52. The Bertz CT molecular complexity index is 300. The Hall–Kier alpha value is -1.22.